The number of ether oxygens (including phenoxy) is 1. The van der Waals surface area contributed by atoms with Gasteiger partial charge in [-0.1, -0.05) is 70.8 Å². The van der Waals surface area contributed by atoms with Crippen LogP contribution in [0.1, 0.15) is 71.1 Å². The van der Waals surface area contributed by atoms with Gasteiger partial charge in [-0.2, -0.15) is 14.8 Å². The maximum Gasteiger partial charge on any atom is 1.00 e. The van der Waals surface area contributed by atoms with E-state index in [9.17, 15) is 0 Å². The third-order valence-electron chi connectivity index (χ3n) is 3.11. The fraction of sp³-hybridized carbons (Fsp3) is 0.833. The van der Waals surface area contributed by atoms with Gasteiger partial charge < -0.3 is 21.9 Å². The van der Waals surface area contributed by atoms with Crippen molar-refractivity contribution in [3.8, 4) is 0 Å². The van der Waals surface area contributed by atoms with Gasteiger partial charge >= 0.3 is 29.3 Å². The van der Waals surface area contributed by atoms with Gasteiger partial charge in [-0.05, 0) is 0 Å². The molecule has 7 nitrogen and oxygen atoms in total. The molecule has 0 saturated carbocycles. The number of hydrogen-bond donors (Lipinski definition) is 4. The van der Waals surface area contributed by atoms with Crippen molar-refractivity contribution in [2.24, 2.45) is 0 Å². The minimum Gasteiger partial charge on any atom is -0.394 e. The molecule has 0 radical (unpaired) electrons. The normalized spacial score (nSPS) is 11.2. The zero-order valence-corrected chi connectivity index (χ0v) is 18.0. The second-order valence-corrected chi connectivity index (χ2v) is 6.69. The molecule has 0 rings (SSSR count). The third kappa shape index (κ3) is 58.5. The number of rotatable bonds is 14. The molecule has 4 N–H and O–H groups in total. The van der Waals surface area contributed by atoms with Gasteiger partial charge in [0, 0.05) is 0 Å². The molecule has 0 amide bonds. The summed E-state index contributed by atoms with van der Waals surface area (Å²) < 4.78 is 36.4. The van der Waals surface area contributed by atoms with Gasteiger partial charge in [0.1, 0.15) is 6.10 Å². The smallest absolute Gasteiger partial charge is 0.394 e. The molecule has 0 heterocycles. The van der Waals surface area contributed by atoms with Gasteiger partial charge in [0.2, 0.25) is 0 Å². The molecule has 0 bridgehead atoms. The van der Waals surface area contributed by atoms with Crippen LogP contribution in [0.15, 0.2) is 12.7 Å². The first-order chi connectivity index (χ1) is 12.2. The van der Waals surface area contributed by atoms with E-state index in [1.54, 1.807) is 6.08 Å². The molecular weight excluding hydrogens is 367 g/mol. The summed E-state index contributed by atoms with van der Waals surface area (Å²) in [4.78, 5) is 0. The Morgan fingerprint density at radius 2 is 1.44 bits per heavy atom. The van der Waals surface area contributed by atoms with E-state index in [-0.39, 0.29) is 32.1 Å². The molecule has 1 atom stereocenters. The van der Waals surface area contributed by atoms with E-state index in [1.807, 2.05) is 0 Å². The standard InChI is InChI=1S/C12H25.C6H12O3.Li.H2O4S/c1-3-5-7-9-11-12-10-8-6-4-2;1-2-3-9-5-6(8)4-7;;1-5(2,3)4/h1,3-12H2,2H3;2,6-8H,1,3-5H2;;(H2,1,2,3,4)/q-1;;+1;. The molecule has 1 unspecified atom stereocenters. The van der Waals surface area contributed by atoms with Crippen molar-refractivity contribution in [1.29, 1.82) is 0 Å². The van der Waals surface area contributed by atoms with Crippen molar-refractivity contribution in [2.45, 2.75) is 77.2 Å². The van der Waals surface area contributed by atoms with Gasteiger partial charge in [0.15, 0.2) is 0 Å². The number of aliphatic hydroxyl groups excluding tert-OH is 2. The van der Waals surface area contributed by atoms with Crippen LogP contribution in [0.25, 0.3) is 0 Å². The fourth-order valence-corrected chi connectivity index (χ4v) is 1.83. The molecule has 0 aliphatic rings. The van der Waals surface area contributed by atoms with Crippen LogP contribution in [0.5, 0.6) is 0 Å². The average Bonchev–Trinajstić information content (AvgIpc) is 2.56. The zero-order valence-electron chi connectivity index (χ0n) is 17.2. The number of unbranched alkanes of at least 4 members (excludes halogenated alkanes) is 9. The Kier molecular flexibility index (Phi) is 36.2. The van der Waals surface area contributed by atoms with Crippen LogP contribution < -0.4 is 18.9 Å². The molecule has 0 aromatic carbocycles. The minimum absolute atomic E-state index is 0. The van der Waals surface area contributed by atoms with Crippen LogP contribution in [0, 0.1) is 6.92 Å². The van der Waals surface area contributed by atoms with E-state index in [2.05, 4.69) is 20.4 Å². The van der Waals surface area contributed by atoms with Crippen molar-refractivity contribution < 1.29 is 51.3 Å². The first kappa shape index (κ1) is 34.6. The second-order valence-electron chi connectivity index (χ2n) is 5.79. The molecule has 160 valence electrons. The number of aliphatic hydroxyl groups is 2. The van der Waals surface area contributed by atoms with Crippen LogP contribution in [-0.2, 0) is 15.1 Å². The van der Waals surface area contributed by atoms with Gasteiger partial charge in [-0.15, -0.1) is 6.58 Å². The first-order valence-electron chi connectivity index (χ1n) is 9.19. The summed E-state index contributed by atoms with van der Waals surface area (Å²) >= 11 is 0. The van der Waals surface area contributed by atoms with Crippen molar-refractivity contribution in [1.82, 2.24) is 0 Å². The zero-order chi connectivity index (χ0) is 20.7. The second kappa shape index (κ2) is 28.3. The predicted molar refractivity (Wildman–Crippen MR) is 105 cm³/mol. The Morgan fingerprint density at radius 1 is 1.04 bits per heavy atom. The van der Waals surface area contributed by atoms with Crippen LogP contribution in [0.4, 0.5) is 0 Å². The van der Waals surface area contributed by atoms with E-state index in [0.29, 0.717) is 6.61 Å². The van der Waals surface area contributed by atoms with E-state index >= 15 is 0 Å². The van der Waals surface area contributed by atoms with Crippen molar-refractivity contribution in [2.75, 3.05) is 19.8 Å². The Balaban J connectivity index is -0.000000156. The maximum atomic E-state index is 8.74. The largest absolute Gasteiger partial charge is 1.00 e. The molecule has 0 aromatic rings. The Labute approximate surface area is 178 Å². The van der Waals surface area contributed by atoms with Crippen molar-refractivity contribution in [3.05, 3.63) is 19.6 Å². The van der Waals surface area contributed by atoms with Crippen LogP contribution in [0.2, 0.25) is 0 Å². The van der Waals surface area contributed by atoms with Crippen molar-refractivity contribution >= 4 is 10.4 Å². The molecule has 0 aliphatic carbocycles. The SMILES string of the molecule is C=CCOCC(O)CO.O=S(=O)(O)O.[CH2-]CCCCCCCCCCC.[Li+]. The fourth-order valence-electron chi connectivity index (χ4n) is 1.83. The van der Waals surface area contributed by atoms with Gasteiger partial charge in [0.25, 0.3) is 0 Å². The van der Waals surface area contributed by atoms with Crippen molar-refractivity contribution in [3.63, 3.8) is 0 Å². The summed E-state index contributed by atoms with van der Waals surface area (Å²) in [5.74, 6) is 0. The summed E-state index contributed by atoms with van der Waals surface area (Å²) in [7, 11) is -4.67. The first-order valence-corrected chi connectivity index (χ1v) is 10.6. The monoisotopic (exact) mass is 406 g/mol. The van der Waals surface area contributed by atoms with Crippen LogP contribution in [-0.4, -0.2) is 53.7 Å². The Morgan fingerprint density at radius 3 is 1.78 bits per heavy atom. The van der Waals surface area contributed by atoms with E-state index in [1.165, 1.54) is 57.8 Å². The molecule has 0 saturated heterocycles. The molecule has 0 aliphatic heterocycles. The van der Waals surface area contributed by atoms with Gasteiger partial charge in [-0.3, -0.25) is 9.11 Å². The van der Waals surface area contributed by atoms with E-state index in [0.717, 1.165) is 6.42 Å². The Hall–Kier alpha value is 0.0874. The molecule has 0 spiro atoms. The summed E-state index contributed by atoms with van der Waals surface area (Å²) in [6.45, 7) is 9.86. The minimum atomic E-state index is -4.67. The Bertz CT molecular complexity index is 347. The average molecular weight is 407 g/mol. The van der Waals surface area contributed by atoms with Crippen LogP contribution in [0.3, 0.4) is 0 Å². The van der Waals surface area contributed by atoms with Gasteiger partial charge in [0.05, 0.1) is 19.8 Å². The maximum absolute atomic E-state index is 8.74. The summed E-state index contributed by atoms with van der Waals surface area (Å²) in [5.41, 5.74) is 0. The molecule has 0 fully saturated rings. The molecule has 9 heteroatoms. The van der Waals surface area contributed by atoms with E-state index < -0.39 is 16.5 Å². The van der Waals surface area contributed by atoms with E-state index in [4.69, 9.17) is 32.5 Å². The molecular formula is C18H39LiO7S. The summed E-state index contributed by atoms with van der Waals surface area (Å²) in [6, 6.07) is 0. The third-order valence-corrected chi connectivity index (χ3v) is 3.11. The molecule has 27 heavy (non-hydrogen) atoms. The summed E-state index contributed by atoms with van der Waals surface area (Å²) in [5, 5.41) is 17.0. The number of hydrogen-bond acceptors (Lipinski definition) is 5. The van der Waals surface area contributed by atoms with Crippen LogP contribution >= 0.6 is 0 Å². The quantitative estimate of drug-likeness (QED) is 0.110. The molecule has 0 aromatic heterocycles. The summed E-state index contributed by atoms with van der Waals surface area (Å²) in [6.07, 6.45) is 14.7. The predicted octanol–water partition coefficient (Wildman–Crippen LogP) is 0.635. The van der Waals surface area contributed by atoms with Gasteiger partial charge in [-0.25, -0.2) is 0 Å². The topological polar surface area (TPSA) is 124 Å².